The van der Waals surface area contributed by atoms with Crippen LogP contribution in [0.3, 0.4) is 0 Å². The van der Waals surface area contributed by atoms with Gasteiger partial charge in [0, 0.05) is 16.9 Å². The van der Waals surface area contributed by atoms with E-state index in [1.165, 1.54) is 0 Å². The second-order valence-corrected chi connectivity index (χ2v) is 6.78. The summed E-state index contributed by atoms with van der Waals surface area (Å²) in [5.74, 6) is 0.00817. The van der Waals surface area contributed by atoms with Crippen molar-refractivity contribution in [2.24, 2.45) is 5.73 Å². The van der Waals surface area contributed by atoms with E-state index in [9.17, 15) is 4.79 Å². The maximum Gasteiger partial charge on any atom is 0.222 e. The number of hydrogen-bond donors (Lipinski definition) is 2. The van der Waals surface area contributed by atoms with Crippen LogP contribution in [0.15, 0.2) is 59.1 Å². The van der Waals surface area contributed by atoms with E-state index in [-0.39, 0.29) is 17.5 Å². The Morgan fingerprint density at radius 2 is 1.91 bits per heavy atom. The third kappa shape index (κ3) is 3.39. The quantitative estimate of drug-likeness (QED) is 0.856. The highest BCUT2D eigenvalue weighted by Crippen LogP contribution is 2.46. The van der Waals surface area contributed by atoms with E-state index in [0.29, 0.717) is 6.42 Å². The SMILES string of the molecule is NC(CC(=O)NC1(c2cccc(Br)c2)CC1)c1ccccc1. The molecule has 2 aromatic carbocycles. The number of nitrogens with one attached hydrogen (secondary N) is 1. The van der Waals surface area contributed by atoms with Crippen molar-refractivity contribution < 1.29 is 4.79 Å². The molecule has 1 aliphatic carbocycles. The molecule has 1 amide bonds. The summed E-state index contributed by atoms with van der Waals surface area (Å²) >= 11 is 3.49. The Labute approximate surface area is 139 Å². The van der Waals surface area contributed by atoms with Gasteiger partial charge in [-0.1, -0.05) is 58.4 Å². The van der Waals surface area contributed by atoms with Crippen LogP contribution in [0.4, 0.5) is 0 Å². The Morgan fingerprint density at radius 1 is 1.18 bits per heavy atom. The molecule has 0 aromatic heterocycles. The average Bonchev–Trinajstić information content (AvgIpc) is 3.29. The van der Waals surface area contributed by atoms with Crippen molar-refractivity contribution in [1.29, 1.82) is 0 Å². The van der Waals surface area contributed by atoms with Crippen LogP contribution >= 0.6 is 15.9 Å². The van der Waals surface area contributed by atoms with E-state index < -0.39 is 0 Å². The van der Waals surface area contributed by atoms with E-state index in [2.05, 4.69) is 33.4 Å². The summed E-state index contributed by atoms with van der Waals surface area (Å²) in [6.07, 6.45) is 2.27. The maximum absolute atomic E-state index is 12.3. The molecule has 1 aliphatic rings. The molecule has 3 rings (SSSR count). The minimum absolute atomic E-state index is 0.00817. The Kier molecular flexibility index (Phi) is 4.32. The van der Waals surface area contributed by atoms with Crippen molar-refractivity contribution in [3.8, 4) is 0 Å². The standard InChI is InChI=1S/C18H19BrN2O/c19-15-8-4-7-14(11-15)18(9-10-18)21-17(22)12-16(20)13-5-2-1-3-6-13/h1-8,11,16H,9-10,12,20H2,(H,21,22). The predicted molar refractivity (Wildman–Crippen MR) is 91.2 cm³/mol. The molecule has 114 valence electrons. The largest absolute Gasteiger partial charge is 0.347 e. The molecule has 0 saturated heterocycles. The highest BCUT2D eigenvalue weighted by atomic mass is 79.9. The van der Waals surface area contributed by atoms with Crippen LogP contribution in [0.5, 0.6) is 0 Å². The van der Waals surface area contributed by atoms with E-state index in [1.807, 2.05) is 42.5 Å². The zero-order valence-corrected chi connectivity index (χ0v) is 13.8. The Bertz CT molecular complexity index is 668. The van der Waals surface area contributed by atoms with Crippen molar-refractivity contribution in [2.45, 2.75) is 30.8 Å². The van der Waals surface area contributed by atoms with Gasteiger partial charge in [-0.2, -0.15) is 0 Å². The van der Waals surface area contributed by atoms with Gasteiger partial charge >= 0.3 is 0 Å². The Balaban J connectivity index is 1.65. The molecule has 0 radical (unpaired) electrons. The number of rotatable bonds is 5. The Hall–Kier alpha value is -1.65. The number of halogens is 1. The van der Waals surface area contributed by atoms with Gasteiger partial charge in [-0.05, 0) is 36.1 Å². The zero-order valence-electron chi connectivity index (χ0n) is 12.3. The number of carbonyl (C=O) groups excluding carboxylic acids is 1. The Morgan fingerprint density at radius 3 is 2.55 bits per heavy atom. The smallest absolute Gasteiger partial charge is 0.222 e. The van der Waals surface area contributed by atoms with Crippen LogP contribution in [-0.4, -0.2) is 5.91 Å². The molecule has 1 fully saturated rings. The second-order valence-electron chi connectivity index (χ2n) is 5.86. The lowest BCUT2D eigenvalue weighted by atomic mass is 10.0. The molecular formula is C18H19BrN2O. The minimum Gasteiger partial charge on any atom is -0.347 e. The van der Waals surface area contributed by atoms with Crippen molar-refractivity contribution in [3.63, 3.8) is 0 Å². The normalized spacial score (nSPS) is 16.8. The van der Waals surface area contributed by atoms with E-state index in [4.69, 9.17) is 5.73 Å². The molecule has 4 heteroatoms. The first kappa shape index (κ1) is 15.3. The lowest BCUT2D eigenvalue weighted by Gasteiger charge is -2.20. The lowest BCUT2D eigenvalue weighted by Crippen LogP contribution is -2.36. The minimum atomic E-state index is -0.264. The molecule has 1 unspecified atom stereocenters. The van der Waals surface area contributed by atoms with Gasteiger partial charge in [0.15, 0.2) is 0 Å². The highest BCUT2D eigenvalue weighted by Gasteiger charge is 2.45. The number of amides is 1. The van der Waals surface area contributed by atoms with Gasteiger partial charge in [-0.15, -0.1) is 0 Å². The van der Waals surface area contributed by atoms with Crippen molar-refractivity contribution in [1.82, 2.24) is 5.32 Å². The molecule has 3 N–H and O–H groups in total. The molecule has 0 spiro atoms. The predicted octanol–water partition coefficient (Wildman–Crippen LogP) is 3.64. The number of carbonyl (C=O) groups is 1. The number of hydrogen-bond acceptors (Lipinski definition) is 2. The van der Waals surface area contributed by atoms with Crippen LogP contribution in [0.25, 0.3) is 0 Å². The third-order valence-electron chi connectivity index (χ3n) is 4.14. The van der Waals surface area contributed by atoms with Crippen molar-refractivity contribution in [3.05, 3.63) is 70.2 Å². The van der Waals surface area contributed by atoms with Gasteiger partial charge in [0.05, 0.1) is 5.54 Å². The third-order valence-corrected chi connectivity index (χ3v) is 4.63. The summed E-state index contributed by atoms with van der Waals surface area (Å²) < 4.78 is 1.03. The molecule has 2 aromatic rings. The van der Waals surface area contributed by atoms with Crippen LogP contribution in [0.1, 0.15) is 36.4 Å². The van der Waals surface area contributed by atoms with Gasteiger partial charge in [0.2, 0.25) is 5.91 Å². The first-order valence-corrected chi connectivity index (χ1v) is 8.26. The van der Waals surface area contributed by atoms with Crippen LogP contribution in [0.2, 0.25) is 0 Å². The molecule has 0 bridgehead atoms. The zero-order chi connectivity index (χ0) is 15.6. The highest BCUT2D eigenvalue weighted by molar-refractivity contribution is 9.10. The molecule has 1 saturated carbocycles. The summed E-state index contributed by atoms with van der Waals surface area (Å²) in [5, 5.41) is 3.17. The molecular weight excluding hydrogens is 340 g/mol. The van der Waals surface area contributed by atoms with Crippen LogP contribution in [0, 0.1) is 0 Å². The average molecular weight is 359 g/mol. The summed E-state index contributed by atoms with van der Waals surface area (Å²) in [6.45, 7) is 0. The van der Waals surface area contributed by atoms with Gasteiger partial charge in [0.1, 0.15) is 0 Å². The van der Waals surface area contributed by atoms with Crippen LogP contribution in [-0.2, 0) is 10.3 Å². The van der Waals surface area contributed by atoms with E-state index in [0.717, 1.165) is 28.4 Å². The first-order chi connectivity index (χ1) is 10.6. The fourth-order valence-corrected chi connectivity index (χ4v) is 3.13. The summed E-state index contributed by atoms with van der Waals surface area (Å²) in [5.41, 5.74) is 8.08. The van der Waals surface area contributed by atoms with Crippen molar-refractivity contribution in [2.75, 3.05) is 0 Å². The topological polar surface area (TPSA) is 55.1 Å². The summed E-state index contributed by atoms with van der Waals surface area (Å²) in [4.78, 5) is 12.3. The second kappa shape index (κ2) is 6.23. The molecule has 1 atom stereocenters. The van der Waals surface area contributed by atoms with Gasteiger partial charge in [0.25, 0.3) is 0 Å². The molecule has 0 heterocycles. The van der Waals surface area contributed by atoms with Crippen molar-refractivity contribution >= 4 is 21.8 Å². The number of nitrogens with two attached hydrogens (primary N) is 1. The van der Waals surface area contributed by atoms with E-state index >= 15 is 0 Å². The maximum atomic E-state index is 12.3. The number of benzene rings is 2. The summed E-state index contributed by atoms with van der Waals surface area (Å²) in [7, 11) is 0. The van der Waals surface area contributed by atoms with Crippen LogP contribution < -0.4 is 11.1 Å². The van der Waals surface area contributed by atoms with E-state index in [1.54, 1.807) is 0 Å². The molecule has 3 nitrogen and oxygen atoms in total. The fourth-order valence-electron chi connectivity index (χ4n) is 2.73. The summed E-state index contributed by atoms with van der Waals surface area (Å²) in [6, 6.07) is 17.6. The molecule has 22 heavy (non-hydrogen) atoms. The lowest BCUT2D eigenvalue weighted by molar-refractivity contribution is -0.122. The first-order valence-electron chi connectivity index (χ1n) is 7.47. The van der Waals surface area contributed by atoms with Gasteiger partial charge in [-0.25, -0.2) is 0 Å². The monoisotopic (exact) mass is 358 g/mol. The van der Waals surface area contributed by atoms with Gasteiger partial charge < -0.3 is 11.1 Å². The molecule has 0 aliphatic heterocycles. The fraction of sp³-hybridized carbons (Fsp3) is 0.278. The van der Waals surface area contributed by atoms with Gasteiger partial charge in [-0.3, -0.25) is 4.79 Å².